The summed E-state index contributed by atoms with van der Waals surface area (Å²) >= 11 is 6.76. The van der Waals surface area contributed by atoms with Gasteiger partial charge in [0.1, 0.15) is 0 Å². The van der Waals surface area contributed by atoms with Crippen molar-refractivity contribution in [3.8, 4) is 0 Å². The number of esters is 1. The Hall–Kier alpha value is -2.19. The molecule has 0 saturated carbocycles. The highest BCUT2D eigenvalue weighted by molar-refractivity contribution is 9.10. The molecule has 0 radical (unpaired) electrons. The smallest absolute Gasteiger partial charge is 0.311 e. The molecule has 0 bridgehead atoms. The van der Waals surface area contributed by atoms with Crippen LogP contribution >= 0.6 is 31.9 Å². The molecule has 3 rings (SSSR count). The molecule has 1 aliphatic rings. The van der Waals surface area contributed by atoms with E-state index >= 15 is 0 Å². The zero-order valence-corrected chi connectivity index (χ0v) is 19.0. The number of ether oxygens (including phenoxy) is 1. The van der Waals surface area contributed by atoms with Crippen LogP contribution in [0.5, 0.6) is 0 Å². The number of carbonyl (C=O) groups excluding carboxylic acids is 3. The Morgan fingerprint density at radius 3 is 2.52 bits per heavy atom. The van der Waals surface area contributed by atoms with E-state index < -0.39 is 17.8 Å². The molecule has 1 N–H and O–H groups in total. The molecule has 0 spiro atoms. The van der Waals surface area contributed by atoms with Crippen LogP contribution in [0.4, 0.5) is 11.4 Å². The van der Waals surface area contributed by atoms with Gasteiger partial charge in [0.15, 0.2) is 6.61 Å². The Labute approximate surface area is 185 Å². The average molecular weight is 524 g/mol. The number of nitrogens with one attached hydrogen (secondary N) is 1. The van der Waals surface area contributed by atoms with E-state index in [1.165, 1.54) is 0 Å². The fraction of sp³-hybridized carbons (Fsp3) is 0.286. The number of halogens is 2. The van der Waals surface area contributed by atoms with E-state index in [1.807, 2.05) is 43.3 Å². The number of anilines is 2. The van der Waals surface area contributed by atoms with Crippen LogP contribution in [0.15, 0.2) is 51.4 Å². The Morgan fingerprint density at radius 1 is 1.14 bits per heavy atom. The largest absolute Gasteiger partial charge is 0.455 e. The molecule has 2 aromatic carbocycles. The average Bonchev–Trinajstić information content (AvgIpc) is 3.09. The summed E-state index contributed by atoms with van der Waals surface area (Å²) in [6.07, 6.45) is 0.828. The Bertz CT molecular complexity index is 931. The molecule has 1 heterocycles. The Balaban J connectivity index is 1.54. The van der Waals surface area contributed by atoms with Crippen molar-refractivity contribution in [2.24, 2.45) is 5.92 Å². The summed E-state index contributed by atoms with van der Waals surface area (Å²) in [4.78, 5) is 38.4. The van der Waals surface area contributed by atoms with E-state index in [1.54, 1.807) is 11.0 Å². The summed E-state index contributed by atoms with van der Waals surface area (Å²) in [5.41, 5.74) is 2.40. The van der Waals surface area contributed by atoms with Gasteiger partial charge in [-0.1, -0.05) is 38.8 Å². The molecule has 2 aromatic rings. The number of rotatable bonds is 6. The first kappa shape index (κ1) is 21.5. The van der Waals surface area contributed by atoms with Crippen LogP contribution in [0.1, 0.15) is 18.9 Å². The number of benzene rings is 2. The summed E-state index contributed by atoms with van der Waals surface area (Å²) < 4.78 is 7.00. The molecule has 1 atom stereocenters. The summed E-state index contributed by atoms with van der Waals surface area (Å²) in [7, 11) is 0. The van der Waals surface area contributed by atoms with Gasteiger partial charge in [0.25, 0.3) is 5.91 Å². The van der Waals surface area contributed by atoms with Crippen molar-refractivity contribution >= 4 is 61.0 Å². The van der Waals surface area contributed by atoms with Gasteiger partial charge in [-0.05, 0) is 54.4 Å². The lowest BCUT2D eigenvalue weighted by Gasteiger charge is -2.16. The summed E-state index contributed by atoms with van der Waals surface area (Å²) in [5, 5.41) is 2.76. The van der Waals surface area contributed by atoms with E-state index in [2.05, 4.69) is 37.2 Å². The second kappa shape index (κ2) is 9.54. The first-order chi connectivity index (χ1) is 13.9. The van der Waals surface area contributed by atoms with E-state index in [9.17, 15) is 14.4 Å². The lowest BCUT2D eigenvalue weighted by Crippen LogP contribution is -2.28. The van der Waals surface area contributed by atoms with Crippen LogP contribution in [-0.4, -0.2) is 30.9 Å². The van der Waals surface area contributed by atoms with E-state index in [-0.39, 0.29) is 25.5 Å². The van der Waals surface area contributed by atoms with Crippen molar-refractivity contribution in [1.82, 2.24) is 0 Å². The van der Waals surface area contributed by atoms with Crippen LogP contribution in [0.3, 0.4) is 0 Å². The van der Waals surface area contributed by atoms with Crippen molar-refractivity contribution in [3.63, 3.8) is 0 Å². The number of carbonyl (C=O) groups is 3. The number of amides is 2. The molecule has 0 aromatic heterocycles. The predicted octanol–water partition coefficient (Wildman–Crippen LogP) is 4.31. The molecular formula is C21H20Br2N2O4. The Kier molecular flexibility index (Phi) is 7.08. The third-order valence-electron chi connectivity index (χ3n) is 4.66. The van der Waals surface area contributed by atoms with Gasteiger partial charge < -0.3 is 15.0 Å². The third kappa shape index (κ3) is 5.45. The quantitative estimate of drug-likeness (QED) is 0.572. The first-order valence-electron chi connectivity index (χ1n) is 9.18. The molecule has 1 aliphatic heterocycles. The van der Waals surface area contributed by atoms with E-state index in [0.29, 0.717) is 5.69 Å². The maximum absolute atomic E-state index is 12.4. The van der Waals surface area contributed by atoms with Crippen molar-refractivity contribution in [2.75, 3.05) is 23.4 Å². The minimum atomic E-state index is -0.585. The SMILES string of the molecule is CCc1cc(Br)ccc1NC(=O)COC(=O)[C@H]1CC(=O)N(c2ccc(Br)cc2)C1. The van der Waals surface area contributed by atoms with Gasteiger partial charge in [-0.15, -0.1) is 0 Å². The van der Waals surface area contributed by atoms with Crippen LogP contribution in [0.25, 0.3) is 0 Å². The number of nitrogens with zero attached hydrogens (tertiary/aromatic N) is 1. The second-order valence-corrected chi connectivity index (χ2v) is 8.52. The zero-order chi connectivity index (χ0) is 21.0. The minimum absolute atomic E-state index is 0.0726. The molecule has 8 heteroatoms. The van der Waals surface area contributed by atoms with E-state index in [4.69, 9.17) is 4.74 Å². The van der Waals surface area contributed by atoms with Gasteiger partial charge in [-0.25, -0.2) is 0 Å². The molecule has 1 fully saturated rings. The lowest BCUT2D eigenvalue weighted by atomic mass is 10.1. The number of hydrogen-bond donors (Lipinski definition) is 1. The molecule has 29 heavy (non-hydrogen) atoms. The molecule has 152 valence electrons. The van der Waals surface area contributed by atoms with Crippen molar-refractivity contribution in [1.29, 1.82) is 0 Å². The van der Waals surface area contributed by atoms with Gasteiger partial charge in [0, 0.05) is 33.3 Å². The fourth-order valence-electron chi connectivity index (χ4n) is 3.15. The zero-order valence-electron chi connectivity index (χ0n) is 15.8. The highest BCUT2D eigenvalue weighted by Gasteiger charge is 2.36. The molecule has 0 aliphatic carbocycles. The minimum Gasteiger partial charge on any atom is -0.455 e. The standard InChI is InChI=1S/C21H20Br2N2O4/c1-2-13-9-16(23)5-8-18(13)24-19(26)12-29-21(28)14-10-20(27)25(11-14)17-6-3-15(22)4-7-17/h3-9,14H,2,10-12H2,1H3,(H,24,26)/t14-/m0/s1. The maximum Gasteiger partial charge on any atom is 0.311 e. The summed E-state index contributed by atoms with van der Waals surface area (Å²) in [6.45, 7) is 1.85. The van der Waals surface area contributed by atoms with Crippen molar-refractivity contribution in [2.45, 2.75) is 19.8 Å². The fourth-order valence-corrected chi connectivity index (χ4v) is 3.83. The monoisotopic (exact) mass is 522 g/mol. The van der Waals surface area contributed by atoms with Gasteiger partial charge in [-0.3, -0.25) is 14.4 Å². The molecular weight excluding hydrogens is 504 g/mol. The normalized spacial score (nSPS) is 16.0. The predicted molar refractivity (Wildman–Crippen MR) is 118 cm³/mol. The van der Waals surface area contributed by atoms with Crippen LogP contribution in [0, 0.1) is 5.92 Å². The van der Waals surface area contributed by atoms with E-state index in [0.717, 1.165) is 26.6 Å². The molecule has 1 saturated heterocycles. The highest BCUT2D eigenvalue weighted by Crippen LogP contribution is 2.27. The lowest BCUT2D eigenvalue weighted by molar-refractivity contribution is -0.151. The van der Waals surface area contributed by atoms with Crippen LogP contribution in [-0.2, 0) is 25.5 Å². The molecule has 0 unspecified atom stereocenters. The van der Waals surface area contributed by atoms with Crippen LogP contribution in [0.2, 0.25) is 0 Å². The third-order valence-corrected chi connectivity index (χ3v) is 5.69. The number of hydrogen-bond acceptors (Lipinski definition) is 4. The van der Waals surface area contributed by atoms with Gasteiger partial charge >= 0.3 is 5.97 Å². The number of aryl methyl sites for hydroxylation is 1. The topological polar surface area (TPSA) is 75.7 Å². The maximum atomic E-state index is 12.4. The van der Waals surface area contributed by atoms with Gasteiger partial charge in [0.2, 0.25) is 5.91 Å². The first-order valence-corrected chi connectivity index (χ1v) is 10.8. The van der Waals surface area contributed by atoms with Crippen molar-refractivity contribution < 1.29 is 19.1 Å². The van der Waals surface area contributed by atoms with Crippen LogP contribution < -0.4 is 10.2 Å². The Morgan fingerprint density at radius 2 is 1.83 bits per heavy atom. The summed E-state index contributed by atoms with van der Waals surface area (Å²) in [6, 6.07) is 12.9. The van der Waals surface area contributed by atoms with Gasteiger partial charge in [0.05, 0.1) is 5.92 Å². The second-order valence-electron chi connectivity index (χ2n) is 6.69. The van der Waals surface area contributed by atoms with Gasteiger partial charge in [-0.2, -0.15) is 0 Å². The van der Waals surface area contributed by atoms with Crippen molar-refractivity contribution in [3.05, 3.63) is 57.0 Å². The summed E-state index contributed by atoms with van der Waals surface area (Å²) in [5.74, 6) is -1.68. The molecule has 2 amide bonds. The molecule has 6 nitrogen and oxygen atoms in total. The highest BCUT2D eigenvalue weighted by atomic mass is 79.9.